The van der Waals surface area contributed by atoms with Gasteiger partial charge in [0, 0.05) is 44.2 Å². The maximum Gasteiger partial charge on any atom is 0.164 e. The van der Waals surface area contributed by atoms with Crippen LogP contribution in [0.2, 0.25) is 0 Å². The molecule has 0 atom stereocenters. The molecule has 0 unspecified atom stereocenters. The van der Waals surface area contributed by atoms with Crippen molar-refractivity contribution in [1.29, 1.82) is 0 Å². The van der Waals surface area contributed by atoms with Gasteiger partial charge in [0.05, 0.1) is 11.4 Å². The van der Waals surface area contributed by atoms with Gasteiger partial charge in [0.25, 0.3) is 0 Å². The molecule has 3 aromatic heterocycles. The first-order chi connectivity index (χ1) is 27.2. The van der Waals surface area contributed by atoms with Gasteiger partial charge in [-0.2, -0.15) is 0 Å². The van der Waals surface area contributed by atoms with E-state index in [1.807, 2.05) is 121 Å². The van der Waals surface area contributed by atoms with E-state index >= 15 is 0 Å². The Hall–Kier alpha value is -7.57. The van der Waals surface area contributed by atoms with E-state index in [2.05, 4.69) is 66.7 Å². The largest absolute Gasteiger partial charge is 0.456 e. The summed E-state index contributed by atoms with van der Waals surface area (Å²) < 4.78 is 6.44. The SMILES string of the molecule is c1ccc(-c2cc(-c3cccc4oc5ccc(-c6ccc(-c7nc(-c8ccccc8)nc(-c8ccccc8)n7)cc6)cc5c34)nc(-c3ccccc3)n2)cc1. The van der Waals surface area contributed by atoms with E-state index in [0.717, 1.165) is 77.8 Å². The second-order valence-corrected chi connectivity index (χ2v) is 13.3. The Kier molecular flexibility index (Phi) is 8.04. The number of rotatable bonds is 7. The third-order valence-corrected chi connectivity index (χ3v) is 9.77. The molecule has 0 spiro atoms. The first-order valence-corrected chi connectivity index (χ1v) is 18.2. The van der Waals surface area contributed by atoms with Crippen molar-refractivity contribution >= 4 is 21.9 Å². The Bertz CT molecular complexity index is 2830. The molecule has 10 aromatic rings. The van der Waals surface area contributed by atoms with Gasteiger partial charge >= 0.3 is 0 Å². The van der Waals surface area contributed by atoms with Crippen LogP contribution in [-0.2, 0) is 0 Å². The third kappa shape index (κ3) is 6.22. The summed E-state index contributed by atoms with van der Waals surface area (Å²) in [5.41, 5.74) is 11.2. The zero-order chi connectivity index (χ0) is 36.6. The minimum atomic E-state index is 0.620. The highest BCUT2D eigenvalue weighted by Crippen LogP contribution is 2.39. The summed E-state index contributed by atoms with van der Waals surface area (Å²) in [6.07, 6.45) is 0. The lowest BCUT2D eigenvalue weighted by molar-refractivity contribution is 0.669. The molecule has 0 aliphatic rings. The van der Waals surface area contributed by atoms with Crippen LogP contribution in [0, 0.1) is 0 Å². The highest BCUT2D eigenvalue weighted by molar-refractivity contribution is 6.13. The van der Waals surface area contributed by atoms with Crippen LogP contribution < -0.4 is 0 Å². The van der Waals surface area contributed by atoms with Gasteiger partial charge in [0.15, 0.2) is 23.3 Å². The summed E-state index contributed by atoms with van der Waals surface area (Å²) in [7, 11) is 0. The van der Waals surface area contributed by atoms with Gasteiger partial charge in [-0.1, -0.05) is 164 Å². The molecule has 0 saturated heterocycles. The molecule has 6 nitrogen and oxygen atoms in total. The van der Waals surface area contributed by atoms with Gasteiger partial charge in [0.1, 0.15) is 11.2 Å². The zero-order valence-electron chi connectivity index (χ0n) is 29.5. The summed E-state index contributed by atoms with van der Waals surface area (Å²) in [5.74, 6) is 2.57. The number of hydrogen-bond acceptors (Lipinski definition) is 6. The lowest BCUT2D eigenvalue weighted by Crippen LogP contribution is -2.00. The Morgan fingerprint density at radius 2 is 0.745 bits per heavy atom. The smallest absolute Gasteiger partial charge is 0.164 e. The zero-order valence-corrected chi connectivity index (χ0v) is 29.5. The molecule has 55 heavy (non-hydrogen) atoms. The Morgan fingerprint density at radius 3 is 1.31 bits per heavy atom. The maximum absolute atomic E-state index is 6.44. The topological polar surface area (TPSA) is 77.6 Å². The van der Waals surface area contributed by atoms with E-state index in [4.69, 9.17) is 29.3 Å². The van der Waals surface area contributed by atoms with Crippen LogP contribution in [0.3, 0.4) is 0 Å². The van der Waals surface area contributed by atoms with Gasteiger partial charge in [-0.05, 0) is 35.4 Å². The number of nitrogens with zero attached hydrogens (tertiary/aromatic N) is 5. The van der Waals surface area contributed by atoms with E-state index in [-0.39, 0.29) is 0 Å². The molecule has 0 amide bonds. The summed E-state index contributed by atoms with van der Waals surface area (Å²) in [5, 5.41) is 2.03. The highest BCUT2D eigenvalue weighted by Gasteiger charge is 2.18. The number of furan rings is 1. The lowest BCUT2D eigenvalue weighted by atomic mass is 9.98. The van der Waals surface area contributed by atoms with Crippen molar-refractivity contribution in [3.8, 4) is 79.2 Å². The molecule has 6 heteroatoms. The summed E-state index contributed by atoms with van der Waals surface area (Å²) >= 11 is 0. The molecule has 3 heterocycles. The lowest BCUT2D eigenvalue weighted by Gasteiger charge is -2.10. The van der Waals surface area contributed by atoms with E-state index < -0.39 is 0 Å². The summed E-state index contributed by atoms with van der Waals surface area (Å²) in [4.78, 5) is 24.8. The van der Waals surface area contributed by atoms with Crippen molar-refractivity contribution in [1.82, 2.24) is 24.9 Å². The molecule has 0 aliphatic carbocycles. The number of aromatic nitrogens is 5. The van der Waals surface area contributed by atoms with Gasteiger partial charge in [0.2, 0.25) is 0 Å². The van der Waals surface area contributed by atoms with Crippen molar-refractivity contribution in [3.63, 3.8) is 0 Å². The second kappa shape index (κ2) is 13.8. The Labute approximate surface area is 317 Å². The van der Waals surface area contributed by atoms with E-state index in [1.54, 1.807) is 0 Å². The van der Waals surface area contributed by atoms with E-state index in [0.29, 0.717) is 23.3 Å². The second-order valence-electron chi connectivity index (χ2n) is 13.3. The molecular formula is C49H31N5O. The molecular weight excluding hydrogens is 675 g/mol. The molecule has 258 valence electrons. The molecule has 0 bridgehead atoms. The van der Waals surface area contributed by atoms with Crippen molar-refractivity contribution < 1.29 is 4.42 Å². The van der Waals surface area contributed by atoms with Gasteiger partial charge in [-0.25, -0.2) is 24.9 Å². The van der Waals surface area contributed by atoms with Crippen molar-refractivity contribution in [3.05, 3.63) is 188 Å². The van der Waals surface area contributed by atoms with Crippen LogP contribution in [-0.4, -0.2) is 24.9 Å². The quantitative estimate of drug-likeness (QED) is 0.164. The molecule has 0 aliphatic heterocycles. The fourth-order valence-corrected chi connectivity index (χ4v) is 7.03. The minimum Gasteiger partial charge on any atom is -0.456 e. The molecule has 0 saturated carbocycles. The van der Waals surface area contributed by atoms with Crippen LogP contribution >= 0.6 is 0 Å². The van der Waals surface area contributed by atoms with E-state index in [1.165, 1.54) is 0 Å². The first-order valence-electron chi connectivity index (χ1n) is 18.2. The molecule has 10 rings (SSSR count). The third-order valence-electron chi connectivity index (χ3n) is 9.77. The van der Waals surface area contributed by atoms with E-state index in [9.17, 15) is 0 Å². The molecule has 0 fully saturated rings. The number of benzene rings is 7. The molecule has 7 aromatic carbocycles. The van der Waals surface area contributed by atoms with Crippen LogP contribution in [0.15, 0.2) is 192 Å². The van der Waals surface area contributed by atoms with Crippen LogP contribution in [0.1, 0.15) is 0 Å². The average molecular weight is 706 g/mol. The first kappa shape index (κ1) is 32.1. The molecule has 0 radical (unpaired) electrons. The predicted molar refractivity (Wildman–Crippen MR) is 221 cm³/mol. The van der Waals surface area contributed by atoms with Crippen LogP contribution in [0.4, 0.5) is 0 Å². The summed E-state index contributed by atoms with van der Waals surface area (Å²) in [6.45, 7) is 0. The number of fused-ring (bicyclic) bond motifs is 3. The predicted octanol–water partition coefficient (Wildman–Crippen LogP) is 12.2. The van der Waals surface area contributed by atoms with Crippen LogP contribution in [0.25, 0.3) is 101 Å². The van der Waals surface area contributed by atoms with Gasteiger partial charge < -0.3 is 4.42 Å². The highest BCUT2D eigenvalue weighted by atomic mass is 16.3. The maximum atomic E-state index is 6.44. The van der Waals surface area contributed by atoms with Crippen molar-refractivity contribution in [2.45, 2.75) is 0 Å². The standard InChI is InChI=1S/C49H31N5O/c1-5-14-33(15-6-1)41-31-42(51-46(50-41)34-16-7-2-8-17-34)39-22-13-23-44-45(39)40-30-38(28-29-43(40)55-44)32-24-26-37(27-25-32)49-53-47(35-18-9-3-10-19-35)52-48(54-49)36-20-11-4-12-21-36/h1-31H. The Morgan fingerprint density at radius 1 is 0.291 bits per heavy atom. The van der Waals surface area contributed by atoms with Gasteiger partial charge in [-0.3, -0.25) is 0 Å². The van der Waals surface area contributed by atoms with Crippen molar-refractivity contribution in [2.75, 3.05) is 0 Å². The van der Waals surface area contributed by atoms with Crippen molar-refractivity contribution in [2.24, 2.45) is 0 Å². The fourth-order valence-electron chi connectivity index (χ4n) is 7.03. The molecule has 0 N–H and O–H groups in total. The minimum absolute atomic E-state index is 0.620. The number of hydrogen-bond donors (Lipinski definition) is 0. The Balaban J connectivity index is 1.06. The van der Waals surface area contributed by atoms with Crippen LogP contribution in [0.5, 0.6) is 0 Å². The fraction of sp³-hybridized carbons (Fsp3) is 0. The summed E-state index contributed by atoms with van der Waals surface area (Å²) in [6, 6.07) is 63.4. The monoisotopic (exact) mass is 705 g/mol. The van der Waals surface area contributed by atoms with Gasteiger partial charge in [-0.15, -0.1) is 0 Å². The normalized spacial score (nSPS) is 11.3. The average Bonchev–Trinajstić information content (AvgIpc) is 3.66.